The number of rotatable bonds is 3. The van der Waals surface area contributed by atoms with Gasteiger partial charge in [0.15, 0.2) is 0 Å². The largest absolute Gasteiger partial charge is 0.396 e. The molecule has 1 rings (SSSR count). The number of hydrogen-bond donors (Lipinski definition) is 0. The fraction of sp³-hybridized carbons (Fsp3) is 0.556. The van der Waals surface area contributed by atoms with Gasteiger partial charge in [-0.25, -0.2) is 4.98 Å². The maximum absolute atomic E-state index is 4.98. The molecule has 0 aromatic carbocycles. The van der Waals surface area contributed by atoms with E-state index in [1.165, 1.54) is 0 Å². The molecule has 0 amide bonds. The van der Waals surface area contributed by atoms with Crippen LogP contribution in [0, 0.1) is 13.8 Å². The van der Waals surface area contributed by atoms with Gasteiger partial charge in [-0.15, -0.1) is 11.3 Å². The fourth-order valence-corrected chi connectivity index (χ4v) is 1.93. The van der Waals surface area contributed by atoms with Gasteiger partial charge in [-0.2, -0.15) is 0 Å². The molecular formula is C9H14N2OS. The molecule has 0 fully saturated rings. The molecule has 72 valence electrons. The van der Waals surface area contributed by atoms with Crippen LogP contribution in [0.4, 0.5) is 0 Å². The van der Waals surface area contributed by atoms with Crippen LogP contribution in [0.25, 0.3) is 0 Å². The van der Waals surface area contributed by atoms with Crippen molar-refractivity contribution < 1.29 is 4.84 Å². The standard InChI is InChI=1S/C9H14N2OS/c1-5-12-11-7(3)9-6(2)10-8(4)13-9/h5H2,1-4H3/b11-7+. The fourth-order valence-electron chi connectivity index (χ4n) is 1.07. The molecule has 0 saturated heterocycles. The van der Waals surface area contributed by atoms with Gasteiger partial charge in [0.1, 0.15) is 6.61 Å². The van der Waals surface area contributed by atoms with Gasteiger partial charge in [0.25, 0.3) is 0 Å². The highest BCUT2D eigenvalue weighted by molar-refractivity contribution is 7.13. The van der Waals surface area contributed by atoms with Gasteiger partial charge in [-0.05, 0) is 27.7 Å². The van der Waals surface area contributed by atoms with E-state index in [0.29, 0.717) is 6.61 Å². The molecule has 0 bridgehead atoms. The summed E-state index contributed by atoms with van der Waals surface area (Å²) in [6.45, 7) is 8.45. The first-order chi connectivity index (χ1) is 6.15. The molecule has 0 aliphatic rings. The third-order valence-corrected chi connectivity index (χ3v) is 2.74. The lowest BCUT2D eigenvalue weighted by Gasteiger charge is -1.97. The van der Waals surface area contributed by atoms with Crippen LogP contribution in [0.2, 0.25) is 0 Å². The molecule has 0 radical (unpaired) electrons. The minimum atomic E-state index is 0.605. The number of nitrogens with zero attached hydrogens (tertiary/aromatic N) is 2. The van der Waals surface area contributed by atoms with E-state index in [4.69, 9.17) is 4.84 Å². The van der Waals surface area contributed by atoms with Crippen molar-refractivity contribution in [1.82, 2.24) is 4.98 Å². The summed E-state index contributed by atoms with van der Waals surface area (Å²) >= 11 is 1.65. The van der Waals surface area contributed by atoms with Gasteiger partial charge < -0.3 is 4.84 Å². The highest BCUT2D eigenvalue weighted by atomic mass is 32.1. The van der Waals surface area contributed by atoms with Gasteiger partial charge >= 0.3 is 0 Å². The van der Waals surface area contributed by atoms with Crippen molar-refractivity contribution in [2.75, 3.05) is 6.61 Å². The van der Waals surface area contributed by atoms with Crippen LogP contribution >= 0.6 is 11.3 Å². The van der Waals surface area contributed by atoms with Crippen LogP contribution < -0.4 is 0 Å². The second-order valence-electron chi connectivity index (χ2n) is 2.74. The van der Waals surface area contributed by atoms with Crippen LogP contribution in [0.5, 0.6) is 0 Å². The molecule has 0 spiro atoms. The van der Waals surface area contributed by atoms with Crippen molar-refractivity contribution in [3.8, 4) is 0 Å². The Bertz CT molecular complexity index is 317. The predicted molar refractivity (Wildman–Crippen MR) is 55.4 cm³/mol. The first-order valence-electron chi connectivity index (χ1n) is 4.26. The van der Waals surface area contributed by atoms with Gasteiger partial charge in [-0.3, -0.25) is 0 Å². The van der Waals surface area contributed by atoms with Crippen molar-refractivity contribution in [3.05, 3.63) is 15.6 Å². The summed E-state index contributed by atoms with van der Waals surface area (Å²) in [4.78, 5) is 10.4. The highest BCUT2D eigenvalue weighted by Gasteiger charge is 2.07. The van der Waals surface area contributed by atoms with E-state index >= 15 is 0 Å². The summed E-state index contributed by atoms with van der Waals surface area (Å²) in [7, 11) is 0. The van der Waals surface area contributed by atoms with Crippen LogP contribution in [0.3, 0.4) is 0 Å². The minimum Gasteiger partial charge on any atom is -0.396 e. The Kier molecular flexibility index (Phi) is 3.42. The first-order valence-corrected chi connectivity index (χ1v) is 5.07. The lowest BCUT2D eigenvalue weighted by molar-refractivity contribution is 0.159. The highest BCUT2D eigenvalue weighted by Crippen LogP contribution is 2.17. The number of aryl methyl sites for hydroxylation is 2. The van der Waals surface area contributed by atoms with E-state index in [1.54, 1.807) is 11.3 Å². The Morgan fingerprint density at radius 1 is 1.54 bits per heavy atom. The van der Waals surface area contributed by atoms with Crippen LogP contribution in [-0.4, -0.2) is 17.3 Å². The van der Waals surface area contributed by atoms with E-state index in [-0.39, 0.29) is 0 Å². The summed E-state index contributed by atoms with van der Waals surface area (Å²) in [5.41, 5.74) is 1.94. The molecule has 13 heavy (non-hydrogen) atoms. The zero-order valence-corrected chi connectivity index (χ0v) is 9.23. The summed E-state index contributed by atoms with van der Waals surface area (Å²) in [5.74, 6) is 0. The average molecular weight is 198 g/mol. The molecular weight excluding hydrogens is 184 g/mol. The summed E-state index contributed by atoms with van der Waals surface area (Å²) in [6.07, 6.45) is 0. The maximum Gasteiger partial charge on any atom is 0.114 e. The minimum absolute atomic E-state index is 0.605. The Labute approximate surface area is 82.4 Å². The van der Waals surface area contributed by atoms with Gasteiger partial charge in [0, 0.05) is 0 Å². The lowest BCUT2D eigenvalue weighted by atomic mass is 10.3. The molecule has 0 atom stereocenters. The third kappa shape index (κ3) is 2.52. The molecule has 4 heteroatoms. The smallest absolute Gasteiger partial charge is 0.114 e. The second kappa shape index (κ2) is 4.37. The Hall–Kier alpha value is -0.900. The van der Waals surface area contributed by atoms with E-state index in [1.807, 2.05) is 27.7 Å². The van der Waals surface area contributed by atoms with Crippen LogP contribution in [-0.2, 0) is 4.84 Å². The lowest BCUT2D eigenvalue weighted by Crippen LogP contribution is -1.95. The van der Waals surface area contributed by atoms with Crippen LogP contribution in [0.15, 0.2) is 5.16 Å². The normalized spacial score (nSPS) is 11.8. The van der Waals surface area contributed by atoms with E-state index in [9.17, 15) is 0 Å². The summed E-state index contributed by atoms with van der Waals surface area (Å²) in [5, 5.41) is 5.04. The SMILES string of the molecule is CCO/N=C(\C)c1sc(C)nc1C. The first kappa shape index (κ1) is 10.2. The zero-order valence-electron chi connectivity index (χ0n) is 8.42. The summed E-state index contributed by atoms with van der Waals surface area (Å²) in [6, 6.07) is 0. The number of hydrogen-bond acceptors (Lipinski definition) is 4. The zero-order chi connectivity index (χ0) is 9.84. The molecule has 0 aliphatic carbocycles. The third-order valence-electron chi connectivity index (χ3n) is 1.56. The number of oxime groups is 1. The quantitative estimate of drug-likeness (QED) is 0.552. The van der Waals surface area contributed by atoms with Gasteiger partial charge in [-0.1, -0.05) is 5.16 Å². The summed E-state index contributed by atoms with van der Waals surface area (Å²) < 4.78 is 0. The Morgan fingerprint density at radius 3 is 2.69 bits per heavy atom. The molecule has 1 heterocycles. The molecule has 3 nitrogen and oxygen atoms in total. The van der Waals surface area contributed by atoms with Crippen molar-refractivity contribution in [1.29, 1.82) is 0 Å². The van der Waals surface area contributed by atoms with Crippen molar-refractivity contribution in [3.63, 3.8) is 0 Å². The molecule has 0 unspecified atom stereocenters. The molecule has 1 aromatic rings. The monoisotopic (exact) mass is 198 g/mol. The molecule has 0 aliphatic heterocycles. The average Bonchev–Trinajstić information content (AvgIpc) is 2.41. The number of aromatic nitrogens is 1. The van der Waals surface area contributed by atoms with Gasteiger partial charge in [0.05, 0.1) is 21.3 Å². The molecule has 0 saturated carbocycles. The number of thiazole rings is 1. The van der Waals surface area contributed by atoms with E-state index < -0.39 is 0 Å². The van der Waals surface area contributed by atoms with Crippen molar-refractivity contribution in [2.45, 2.75) is 27.7 Å². The predicted octanol–water partition coefficient (Wildman–Crippen LogP) is 2.52. The van der Waals surface area contributed by atoms with Crippen molar-refractivity contribution in [2.24, 2.45) is 5.16 Å². The van der Waals surface area contributed by atoms with E-state index in [0.717, 1.165) is 21.3 Å². The molecule has 0 N–H and O–H groups in total. The topological polar surface area (TPSA) is 34.5 Å². The second-order valence-corrected chi connectivity index (χ2v) is 3.95. The van der Waals surface area contributed by atoms with E-state index in [2.05, 4.69) is 10.1 Å². The molecule has 1 aromatic heterocycles. The van der Waals surface area contributed by atoms with Crippen molar-refractivity contribution >= 4 is 17.0 Å². The Balaban J connectivity index is 2.87. The van der Waals surface area contributed by atoms with Gasteiger partial charge in [0.2, 0.25) is 0 Å². The maximum atomic E-state index is 4.98. The Morgan fingerprint density at radius 2 is 2.23 bits per heavy atom. The van der Waals surface area contributed by atoms with Crippen LogP contribution in [0.1, 0.15) is 29.4 Å².